The first-order valence-corrected chi connectivity index (χ1v) is 6.04. The van der Waals surface area contributed by atoms with Crippen LogP contribution < -0.4 is 0 Å². The number of alkyl halides is 1. The minimum absolute atomic E-state index is 0.359. The zero-order valence-corrected chi connectivity index (χ0v) is 10.4. The van der Waals surface area contributed by atoms with Crippen LogP contribution in [0.2, 0.25) is 0 Å². The van der Waals surface area contributed by atoms with Crippen LogP contribution in [-0.2, 0) is 0 Å². The molecular formula is C11H23Br. The number of rotatable bonds is 7. The second kappa shape index (κ2) is 6.94. The van der Waals surface area contributed by atoms with Gasteiger partial charge in [0.2, 0.25) is 0 Å². The van der Waals surface area contributed by atoms with Crippen LogP contribution in [0.3, 0.4) is 0 Å². The van der Waals surface area contributed by atoms with Gasteiger partial charge >= 0.3 is 0 Å². The number of hydrogen-bond donors (Lipinski definition) is 0. The Labute approximate surface area is 86.3 Å². The molecule has 74 valence electrons. The second-order valence-electron chi connectivity index (χ2n) is 4.24. The van der Waals surface area contributed by atoms with Gasteiger partial charge in [-0.15, -0.1) is 0 Å². The molecule has 0 aliphatic carbocycles. The molecular weight excluding hydrogens is 212 g/mol. The minimum Gasteiger partial charge on any atom is -0.0859 e. The number of halogens is 1. The standard InChI is InChI=1S/C11H23Br/c1-4-5-6-7-8-9-10-11(2,3)12/h4-10H2,1-3H3. The molecule has 0 aromatic heterocycles. The fourth-order valence-corrected chi connectivity index (χ4v) is 1.61. The van der Waals surface area contributed by atoms with Crippen molar-refractivity contribution >= 4 is 15.9 Å². The largest absolute Gasteiger partial charge is 0.0859 e. The maximum atomic E-state index is 3.66. The predicted octanol–water partition coefficient (Wildman–Crippen LogP) is 4.91. The van der Waals surface area contributed by atoms with E-state index in [0.717, 1.165) is 0 Å². The fourth-order valence-electron chi connectivity index (χ4n) is 1.33. The zero-order valence-electron chi connectivity index (χ0n) is 8.83. The highest BCUT2D eigenvalue weighted by atomic mass is 79.9. The van der Waals surface area contributed by atoms with E-state index >= 15 is 0 Å². The molecule has 0 fully saturated rings. The van der Waals surface area contributed by atoms with Gasteiger partial charge in [0.1, 0.15) is 0 Å². The fraction of sp³-hybridized carbons (Fsp3) is 1.00. The van der Waals surface area contributed by atoms with E-state index in [-0.39, 0.29) is 0 Å². The number of unbranched alkanes of at least 4 members (excludes halogenated alkanes) is 5. The van der Waals surface area contributed by atoms with E-state index in [9.17, 15) is 0 Å². The van der Waals surface area contributed by atoms with Crippen molar-refractivity contribution in [1.82, 2.24) is 0 Å². The molecule has 0 amide bonds. The van der Waals surface area contributed by atoms with Gasteiger partial charge in [0, 0.05) is 4.32 Å². The molecule has 0 atom stereocenters. The molecule has 0 aliphatic rings. The van der Waals surface area contributed by atoms with Crippen LogP contribution in [0.5, 0.6) is 0 Å². The Kier molecular flexibility index (Phi) is 7.22. The van der Waals surface area contributed by atoms with Crippen LogP contribution >= 0.6 is 15.9 Å². The van der Waals surface area contributed by atoms with Gasteiger partial charge in [-0.25, -0.2) is 0 Å². The molecule has 0 bridgehead atoms. The monoisotopic (exact) mass is 234 g/mol. The summed E-state index contributed by atoms with van der Waals surface area (Å²) in [6.07, 6.45) is 9.72. The summed E-state index contributed by atoms with van der Waals surface area (Å²) in [6, 6.07) is 0. The third kappa shape index (κ3) is 10.5. The number of hydrogen-bond acceptors (Lipinski definition) is 0. The topological polar surface area (TPSA) is 0 Å². The van der Waals surface area contributed by atoms with Crippen molar-refractivity contribution in [2.45, 2.75) is 70.0 Å². The molecule has 0 unspecified atom stereocenters. The Morgan fingerprint density at radius 3 is 1.92 bits per heavy atom. The van der Waals surface area contributed by atoms with E-state index in [1.54, 1.807) is 0 Å². The van der Waals surface area contributed by atoms with E-state index in [2.05, 4.69) is 36.7 Å². The van der Waals surface area contributed by atoms with Gasteiger partial charge in [-0.1, -0.05) is 75.2 Å². The molecule has 0 aromatic carbocycles. The summed E-state index contributed by atoms with van der Waals surface area (Å²) >= 11 is 3.66. The lowest BCUT2D eigenvalue weighted by Gasteiger charge is -2.14. The van der Waals surface area contributed by atoms with Crippen molar-refractivity contribution in [3.8, 4) is 0 Å². The van der Waals surface area contributed by atoms with Crippen molar-refractivity contribution in [1.29, 1.82) is 0 Å². The second-order valence-corrected chi connectivity index (χ2v) is 6.38. The lowest BCUT2D eigenvalue weighted by atomic mass is 10.0. The van der Waals surface area contributed by atoms with Crippen LogP contribution in [0.1, 0.15) is 65.7 Å². The highest BCUT2D eigenvalue weighted by Gasteiger charge is 2.10. The van der Waals surface area contributed by atoms with E-state index < -0.39 is 0 Å². The molecule has 0 aromatic rings. The summed E-state index contributed by atoms with van der Waals surface area (Å²) in [4.78, 5) is 0. The average Bonchev–Trinajstić information content (AvgIpc) is 1.94. The first kappa shape index (κ1) is 12.5. The Hall–Kier alpha value is 0.480. The zero-order chi connectivity index (χ0) is 9.45. The van der Waals surface area contributed by atoms with E-state index in [1.807, 2.05) is 0 Å². The molecule has 0 heterocycles. The van der Waals surface area contributed by atoms with Gasteiger partial charge in [-0.2, -0.15) is 0 Å². The summed E-state index contributed by atoms with van der Waals surface area (Å²) in [5.41, 5.74) is 0. The molecule has 0 saturated heterocycles. The summed E-state index contributed by atoms with van der Waals surface area (Å²) in [5.74, 6) is 0. The molecule has 0 radical (unpaired) electrons. The first-order chi connectivity index (χ1) is 5.56. The summed E-state index contributed by atoms with van der Waals surface area (Å²) < 4.78 is 0.359. The Morgan fingerprint density at radius 2 is 1.42 bits per heavy atom. The van der Waals surface area contributed by atoms with Crippen LogP contribution in [0.4, 0.5) is 0 Å². The van der Waals surface area contributed by atoms with Gasteiger partial charge in [-0.05, 0) is 6.42 Å². The van der Waals surface area contributed by atoms with Crippen LogP contribution in [-0.4, -0.2) is 4.32 Å². The van der Waals surface area contributed by atoms with Crippen LogP contribution in [0.15, 0.2) is 0 Å². The molecule has 0 N–H and O–H groups in total. The van der Waals surface area contributed by atoms with Crippen molar-refractivity contribution in [3.05, 3.63) is 0 Å². The summed E-state index contributed by atoms with van der Waals surface area (Å²) in [7, 11) is 0. The summed E-state index contributed by atoms with van der Waals surface area (Å²) in [5, 5.41) is 0. The molecule has 0 aliphatic heterocycles. The van der Waals surface area contributed by atoms with E-state index in [4.69, 9.17) is 0 Å². The lowest BCUT2D eigenvalue weighted by Crippen LogP contribution is -2.07. The van der Waals surface area contributed by atoms with E-state index in [0.29, 0.717) is 4.32 Å². The molecule has 0 rings (SSSR count). The maximum Gasteiger partial charge on any atom is 0.0201 e. The van der Waals surface area contributed by atoms with Crippen LogP contribution in [0.25, 0.3) is 0 Å². The Bertz CT molecular complexity index is 91.7. The third-order valence-corrected chi connectivity index (χ3v) is 2.52. The van der Waals surface area contributed by atoms with Gasteiger partial charge in [0.15, 0.2) is 0 Å². The van der Waals surface area contributed by atoms with Crippen molar-refractivity contribution in [3.63, 3.8) is 0 Å². The quantitative estimate of drug-likeness (QED) is 0.434. The molecule has 0 nitrogen and oxygen atoms in total. The van der Waals surface area contributed by atoms with Crippen molar-refractivity contribution in [2.24, 2.45) is 0 Å². The van der Waals surface area contributed by atoms with Crippen molar-refractivity contribution < 1.29 is 0 Å². The Balaban J connectivity index is 3.01. The van der Waals surface area contributed by atoms with E-state index in [1.165, 1.54) is 44.9 Å². The lowest BCUT2D eigenvalue weighted by molar-refractivity contribution is 0.547. The highest BCUT2D eigenvalue weighted by molar-refractivity contribution is 9.10. The predicted molar refractivity (Wildman–Crippen MR) is 61.0 cm³/mol. The maximum absolute atomic E-state index is 3.66. The summed E-state index contributed by atoms with van der Waals surface area (Å²) in [6.45, 7) is 6.76. The van der Waals surface area contributed by atoms with Crippen LogP contribution in [0, 0.1) is 0 Å². The average molecular weight is 235 g/mol. The third-order valence-electron chi connectivity index (χ3n) is 2.12. The Morgan fingerprint density at radius 1 is 0.917 bits per heavy atom. The van der Waals surface area contributed by atoms with Gasteiger partial charge in [-0.3, -0.25) is 0 Å². The smallest absolute Gasteiger partial charge is 0.0201 e. The SMILES string of the molecule is CCCCCCCCC(C)(C)Br. The van der Waals surface area contributed by atoms with Gasteiger partial charge < -0.3 is 0 Å². The minimum atomic E-state index is 0.359. The molecule has 0 saturated carbocycles. The first-order valence-electron chi connectivity index (χ1n) is 5.25. The highest BCUT2D eigenvalue weighted by Crippen LogP contribution is 2.23. The van der Waals surface area contributed by atoms with Gasteiger partial charge in [0.05, 0.1) is 0 Å². The molecule has 12 heavy (non-hydrogen) atoms. The van der Waals surface area contributed by atoms with Crippen molar-refractivity contribution in [2.75, 3.05) is 0 Å². The molecule has 1 heteroatoms. The molecule has 0 spiro atoms. The van der Waals surface area contributed by atoms with Gasteiger partial charge in [0.25, 0.3) is 0 Å². The normalized spacial score (nSPS) is 12.0.